The SMILES string of the molecule is CN1CCCC1c1cnnn1N1CN=C2c3ccccc3N3CN(F)C=C3N21. The highest BCUT2D eigenvalue weighted by Gasteiger charge is 2.44. The number of nitrogens with zero attached hydrogens (tertiary/aromatic N) is 9. The number of hydrogen-bond donors (Lipinski definition) is 0. The lowest BCUT2D eigenvalue weighted by Gasteiger charge is -2.40. The zero-order chi connectivity index (χ0) is 18.8. The van der Waals surface area contributed by atoms with E-state index in [1.165, 1.54) is 6.20 Å². The first-order valence-electron chi connectivity index (χ1n) is 9.47. The molecular formula is C18H20FN9. The zero-order valence-electron chi connectivity index (χ0n) is 15.5. The molecule has 144 valence electrons. The van der Waals surface area contributed by atoms with Gasteiger partial charge in [0.2, 0.25) is 0 Å². The van der Waals surface area contributed by atoms with Crippen LogP contribution >= 0.6 is 0 Å². The van der Waals surface area contributed by atoms with Crippen molar-refractivity contribution in [2.45, 2.75) is 18.9 Å². The third-order valence-electron chi connectivity index (χ3n) is 5.88. The Morgan fingerprint density at radius 2 is 2.11 bits per heavy atom. The summed E-state index contributed by atoms with van der Waals surface area (Å²) in [7, 11) is 2.13. The van der Waals surface area contributed by atoms with Crippen LogP contribution in [0.5, 0.6) is 0 Å². The van der Waals surface area contributed by atoms with Crippen LogP contribution in [0.3, 0.4) is 0 Å². The summed E-state index contributed by atoms with van der Waals surface area (Å²) in [6.07, 6.45) is 5.55. The Labute approximate surface area is 161 Å². The number of rotatable bonds is 2. The molecule has 1 unspecified atom stereocenters. The third kappa shape index (κ3) is 2.06. The first kappa shape index (κ1) is 15.9. The maximum absolute atomic E-state index is 14.2. The van der Waals surface area contributed by atoms with E-state index in [1.54, 1.807) is 0 Å². The number of hydrazine groups is 1. The fraction of sp³-hybridized carbons (Fsp3) is 0.389. The number of fused-ring (bicyclic) bond motifs is 6. The fourth-order valence-electron chi connectivity index (χ4n) is 4.57. The van der Waals surface area contributed by atoms with Gasteiger partial charge in [-0.05, 0) is 43.8 Å². The normalized spacial score (nSPS) is 23.7. The van der Waals surface area contributed by atoms with Crippen LogP contribution in [0, 0.1) is 0 Å². The molecule has 1 aromatic carbocycles. The van der Waals surface area contributed by atoms with E-state index in [1.807, 2.05) is 50.3 Å². The van der Waals surface area contributed by atoms with Crippen molar-refractivity contribution in [1.82, 2.24) is 30.1 Å². The van der Waals surface area contributed by atoms with Crippen molar-refractivity contribution in [2.24, 2.45) is 4.99 Å². The van der Waals surface area contributed by atoms with Crippen LogP contribution in [0.15, 0.2) is 47.5 Å². The van der Waals surface area contributed by atoms with Crippen molar-refractivity contribution >= 4 is 11.5 Å². The van der Waals surface area contributed by atoms with Crippen LogP contribution in [-0.4, -0.2) is 62.9 Å². The predicted molar refractivity (Wildman–Crippen MR) is 101 cm³/mol. The molecule has 0 aliphatic carbocycles. The fourth-order valence-corrected chi connectivity index (χ4v) is 4.57. The number of benzene rings is 1. The standard InChI is InChI=1S/C18H20FN9/c1-23-8-4-7-15(23)16-9-21-22-28(16)26-11-20-18-13-5-2-3-6-14(13)25-12-24(19)10-17(25)27(18)26/h2-3,5-6,9-10,15H,4,7-8,11-12H2,1H3. The highest BCUT2D eigenvalue weighted by atomic mass is 19.2. The number of aromatic nitrogens is 3. The van der Waals surface area contributed by atoms with E-state index in [-0.39, 0.29) is 12.7 Å². The maximum atomic E-state index is 14.2. The summed E-state index contributed by atoms with van der Waals surface area (Å²) in [6, 6.07) is 8.23. The molecule has 9 nitrogen and oxygen atoms in total. The van der Waals surface area contributed by atoms with Crippen LogP contribution in [-0.2, 0) is 0 Å². The molecule has 1 atom stereocenters. The summed E-state index contributed by atoms with van der Waals surface area (Å²) in [6.45, 7) is 1.61. The molecule has 0 saturated carbocycles. The van der Waals surface area contributed by atoms with E-state index in [9.17, 15) is 4.48 Å². The molecule has 2 aromatic rings. The number of para-hydroxylation sites is 1. The van der Waals surface area contributed by atoms with Crippen LogP contribution in [0.1, 0.15) is 30.1 Å². The summed E-state index contributed by atoms with van der Waals surface area (Å²) >= 11 is 0. The van der Waals surface area contributed by atoms with E-state index in [2.05, 4.69) is 22.3 Å². The van der Waals surface area contributed by atoms with Crippen LogP contribution in [0.2, 0.25) is 0 Å². The van der Waals surface area contributed by atoms with Gasteiger partial charge in [0.15, 0.2) is 18.3 Å². The van der Waals surface area contributed by atoms with Crippen LogP contribution in [0.25, 0.3) is 0 Å². The van der Waals surface area contributed by atoms with E-state index >= 15 is 0 Å². The minimum absolute atomic E-state index is 0.152. The van der Waals surface area contributed by atoms with E-state index in [0.717, 1.165) is 48.0 Å². The molecule has 4 aliphatic rings. The monoisotopic (exact) mass is 381 g/mol. The van der Waals surface area contributed by atoms with E-state index in [0.29, 0.717) is 11.8 Å². The lowest BCUT2D eigenvalue weighted by Crippen LogP contribution is -2.54. The second kappa shape index (κ2) is 5.68. The Kier molecular flexibility index (Phi) is 3.22. The van der Waals surface area contributed by atoms with Gasteiger partial charge in [0.1, 0.15) is 12.4 Å². The van der Waals surface area contributed by atoms with Gasteiger partial charge in [0, 0.05) is 5.56 Å². The second-order valence-electron chi connectivity index (χ2n) is 7.47. The lowest BCUT2D eigenvalue weighted by molar-refractivity contribution is 0.104. The number of amidine groups is 1. The predicted octanol–water partition coefficient (Wildman–Crippen LogP) is 1.39. The highest BCUT2D eigenvalue weighted by molar-refractivity contribution is 6.08. The molecule has 1 fully saturated rings. The Balaban J connectivity index is 1.45. The van der Waals surface area contributed by atoms with E-state index < -0.39 is 0 Å². The number of anilines is 1. The average Bonchev–Trinajstić information content (AvgIpc) is 3.46. The van der Waals surface area contributed by atoms with Crippen molar-refractivity contribution < 1.29 is 4.48 Å². The summed E-state index contributed by atoms with van der Waals surface area (Å²) in [5.74, 6) is 1.52. The van der Waals surface area contributed by atoms with Gasteiger partial charge in [-0.1, -0.05) is 16.6 Å². The Morgan fingerprint density at radius 3 is 2.96 bits per heavy atom. The van der Waals surface area contributed by atoms with Crippen molar-refractivity contribution in [3.63, 3.8) is 0 Å². The molecule has 0 spiro atoms. The Morgan fingerprint density at radius 1 is 1.21 bits per heavy atom. The lowest BCUT2D eigenvalue weighted by atomic mass is 10.1. The molecule has 28 heavy (non-hydrogen) atoms. The van der Waals surface area contributed by atoms with Gasteiger partial charge in [0.05, 0.1) is 24.1 Å². The Hall–Kier alpha value is -3.14. The molecule has 4 aliphatic heterocycles. The zero-order valence-corrected chi connectivity index (χ0v) is 15.5. The molecule has 1 saturated heterocycles. The van der Waals surface area contributed by atoms with Gasteiger partial charge >= 0.3 is 0 Å². The summed E-state index contributed by atoms with van der Waals surface area (Å²) in [4.78, 5) is 10.9. The van der Waals surface area contributed by atoms with Gasteiger partial charge in [0.25, 0.3) is 0 Å². The third-order valence-corrected chi connectivity index (χ3v) is 5.88. The van der Waals surface area contributed by atoms with Crippen molar-refractivity contribution in [1.29, 1.82) is 0 Å². The molecule has 0 radical (unpaired) electrons. The second-order valence-corrected chi connectivity index (χ2v) is 7.47. The van der Waals surface area contributed by atoms with Gasteiger partial charge in [-0.3, -0.25) is 4.90 Å². The first-order chi connectivity index (χ1) is 13.7. The number of likely N-dealkylation sites (tertiary alicyclic amines) is 1. The Bertz CT molecular complexity index is 998. The topological polar surface area (TPSA) is 59.3 Å². The van der Waals surface area contributed by atoms with Crippen molar-refractivity contribution in [3.05, 3.63) is 53.7 Å². The molecular weight excluding hydrogens is 361 g/mol. The number of hydrogen-bond acceptors (Lipinski definition) is 8. The van der Waals surface area contributed by atoms with Crippen LogP contribution in [0.4, 0.5) is 10.2 Å². The largest absolute Gasteiger partial charge is 0.303 e. The van der Waals surface area contributed by atoms with Gasteiger partial charge in [-0.2, -0.15) is 15.2 Å². The highest BCUT2D eigenvalue weighted by Crippen LogP contribution is 2.39. The average molecular weight is 381 g/mol. The molecule has 10 heteroatoms. The van der Waals surface area contributed by atoms with Gasteiger partial charge in [-0.15, -0.1) is 9.89 Å². The number of aliphatic imine (C=N–C) groups is 1. The number of halogens is 1. The molecule has 0 bridgehead atoms. The molecule has 0 N–H and O–H groups in total. The van der Waals surface area contributed by atoms with Crippen molar-refractivity contribution in [2.75, 3.05) is 36.9 Å². The quantitative estimate of drug-likeness (QED) is 0.729. The summed E-state index contributed by atoms with van der Waals surface area (Å²) < 4.78 is 14.2. The maximum Gasteiger partial charge on any atom is 0.162 e. The smallest absolute Gasteiger partial charge is 0.162 e. The first-order valence-corrected chi connectivity index (χ1v) is 9.47. The van der Waals surface area contributed by atoms with Gasteiger partial charge < -0.3 is 4.90 Å². The van der Waals surface area contributed by atoms with Crippen LogP contribution < -0.4 is 10.0 Å². The molecule has 5 heterocycles. The van der Waals surface area contributed by atoms with E-state index in [4.69, 9.17) is 4.99 Å². The summed E-state index contributed by atoms with van der Waals surface area (Å²) in [5, 5.41) is 13.1. The summed E-state index contributed by atoms with van der Waals surface area (Å²) in [5.41, 5.74) is 2.97. The van der Waals surface area contributed by atoms with Gasteiger partial charge in [-0.25, -0.2) is 4.99 Å². The minimum Gasteiger partial charge on any atom is -0.303 e. The minimum atomic E-state index is 0.152. The molecule has 0 amide bonds. The van der Waals surface area contributed by atoms with Crippen molar-refractivity contribution in [3.8, 4) is 0 Å². The molecule has 6 rings (SSSR count). The molecule has 1 aromatic heterocycles.